The number of nitrogens with zero attached hydrogens (tertiary/aromatic N) is 1. The van der Waals surface area contributed by atoms with Crippen molar-refractivity contribution in [2.45, 2.75) is 12.0 Å². The maximum Gasteiger partial charge on any atom is 0.259 e. The van der Waals surface area contributed by atoms with E-state index in [4.69, 9.17) is 0 Å². The fourth-order valence-corrected chi connectivity index (χ4v) is 2.06. The molecule has 0 spiro atoms. The Hall–Kier alpha value is -1.61. The first-order valence-corrected chi connectivity index (χ1v) is 5.26. The number of carbonyl (C=O) groups is 1. The van der Waals surface area contributed by atoms with E-state index in [1.807, 2.05) is 30.4 Å². The number of aliphatic hydroxyl groups is 1. The topological polar surface area (TPSA) is 40.5 Å². The van der Waals surface area contributed by atoms with Crippen molar-refractivity contribution in [3.63, 3.8) is 0 Å². The van der Waals surface area contributed by atoms with Gasteiger partial charge in [0.2, 0.25) is 0 Å². The molecule has 1 aromatic rings. The van der Waals surface area contributed by atoms with Gasteiger partial charge in [-0.25, -0.2) is 0 Å². The zero-order chi connectivity index (χ0) is 11.8. The summed E-state index contributed by atoms with van der Waals surface area (Å²) >= 11 is 0. The number of likely N-dealkylation sites (N-methyl/N-ethyl adjacent to an activating group) is 1. The molecule has 1 amide bonds. The minimum absolute atomic E-state index is 0.274. The lowest BCUT2D eigenvalue weighted by atomic mass is 9.82. The maximum absolute atomic E-state index is 12.0. The summed E-state index contributed by atoms with van der Waals surface area (Å²) < 4.78 is 0. The van der Waals surface area contributed by atoms with Crippen molar-refractivity contribution in [2.24, 2.45) is 0 Å². The van der Waals surface area contributed by atoms with Crippen LogP contribution in [0.3, 0.4) is 0 Å². The minimum Gasteiger partial charge on any atom is -0.375 e. The number of carbonyl (C=O) groups excluding carboxylic acids is 1. The molecule has 0 aromatic heterocycles. The summed E-state index contributed by atoms with van der Waals surface area (Å²) in [5.74, 6) is -0.274. The second-order valence-corrected chi connectivity index (χ2v) is 4.25. The van der Waals surface area contributed by atoms with E-state index < -0.39 is 5.60 Å². The van der Waals surface area contributed by atoms with Crippen LogP contribution >= 0.6 is 0 Å². The molecule has 0 saturated heterocycles. The first kappa shape index (κ1) is 10.9. The monoisotopic (exact) mass is 217 g/mol. The van der Waals surface area contributed by atoms with Crippen molar-refractivity contribution in [3.05, 3.63) is 41.5 Å². The Balaban J connectivity index is 2.52. The number of rotatable bonds is 1. The average molecular weight is 217 g/mol. The highest BCUT2D eigenvalue weighted by Gasteiger charge is 2.40. The Labute approximate surface area is 95.0 Å². The van der Waals surface area contributed by atoms with Gasteiger partial charge in [0.1, 0.15) is 0 Å². The van der Waals surface area contributed by atoms with Crippen molar-refractivity contribution >= 4 is 12.0 Å². The second kappa shape index (κ2) is 3.76. The van der Waals surface area contributed by atoms with E-state index in [2.05, 4.69) is 0 Å². The van der Waals surface area contributed by atoms with Gasteiger partial charge < -0.3 is 10.0 Å². The number of hydrogen-bond donors (Lipinski definition) is 1. The van der Waals surface area contributed by atoms with Crippen molar-refractivity contribution in [1.29, 1.82) is 0 Å². The van der Waals surface area contributed by atoms with Gasteiger partial charge in [-0.15, -0.1) is 0 Å². The fraction of sp³-hybridized carbons (Fsp3) is 0.308. The molecular formula is C13H15NO2. The molecule has 1 aromatic carbocycles. The number of benzene rings is 1. The van der Waals surface area contributed by atoms with Crippen LogP contribution in [-0.2, 0) is 10.4 Å². The molecule has 1 atom stereocenters. The van der Waals surface area contributed by atoms with Gasteiger partial charge in [-0.2, -0.15) is 0 Å². The van der Waals surface area contributed by atoms with Crippen LogP contribution in [0.15, 0.2) is 30.3 Å². The van der Waals surface area contributed by atoms with E-state index >= 15 is 0 Å². The van der Waals surface area contributed by atoms with Gasteiger partial charge >= 0.3 is 0 Å². The fourth-order valence-electron chi connectivity index (χ4n) is 2.06. The van der Waals surface area contributed by atoms with Crippen LogP contribution in [0.1, 0.15) is 17.5 Å². The molecule has 1 aliphatic rings. The first-order valence-electron chi connectivity index (χ1n) is 5.26. The van der Waals surface area contributed by atoms with E-state index in [-0.39, 0.29) is 5.91 Å². The average Bonchev–Trinajstić information content (AvgIpc) is 2.28. The van der Waals surface area contributed by atoms with E-state index in [0.717, 1.165) is 5.56 Å². The Morgan fingerprint density at radius 2 is 2.06 bits per heavy atom. The number of amides is 1. The SMILES string of the molecule is CN(C)C(=O)C1(O)CC=Cc2ccccc21. The lowest BCUT2D eigenvalue weighted by molar-refractivity contribution is -0.149. The van der Waals surface area contributed by atoms with Crippen LogP contribution in [0.4, 0.5) is 0 Å². The lowest BCUT2D eigenvalue weighted by Crippen LogP contribution is -2.44. The predicted molar refractivity (Wildman–Crippen MR) is 62.7 cm³/mol. The first-order chi connectivity index (χ1) is 7.55. The van der Waals surface area contributed by atoms with Crippen LogP contribution < -0.4 is 0 Å². The smallest absolute Gasteiger partial charge is 0.259 e. The highest BCUT2D eigenvalue weighted by atomic mass is 16.3. The van der Waals surface area contributed by atoms with Crippen molar-refractivity contribution in [1.82, 2.24) is 4.90 Å². The minimum atomic E-state index is -1.41. The van der Waals surface area contributed by atoms with Crippen LogP contribution in [0.2, 0.25) is 0 Å². The summed E-state index contributed by atoms with van der Waals surface area (Å²) in [6.45, 7) is 0. The summed E-state index contributed by atoms with van der Waals surface area (Å²) in [6.07, 6.45) is 4.11. The van der Waals surface area contributed by atoms with E-state index in [1.54, 1.807) is 20.2 Å². The maximum atomic E-state index is 12.0. The molecule has 0 aliphatic heterocycles. The summed E-state index contributed by atoms with van der Waals surface area (Å²) in [5.41, 5.74) is 0.192. The Kier molecular flexibility index (Phi) is 2.56. The zero-order valence-electron chi connectivity index (χ0n) is 9.47. The molecule has 1 unspecified atom stereocenters. The Morgan fingerprint density at radius 1 is 1.38 bits per heavy atom. The largest absolute Gasteiger partial charge is 0.375 e. The van der Waals surface area contributed by atoms with Crippen LogP contribution in [-0.4, -0.2) is 30.0 Å². The van der Waals surface area contributed by atoms with Gasteiger partial charge in [0, 0.05) is 26.1 Å². The highest BCUT2D eigenvalue weighted by Crippen LogP contribution is 2.34. The van der Waals surface area contributed by atoms with Crippen molar-refractivity contribution in [2.75, 3.05) is 14.1 Å². The third-order valence-electron chi connectivity index (χ3n) is 2.88. The molecule has 2 rings (SSSR count). The van der Waals surface area contributed by atoms with Gasteiger partial charge in [-0.05, 0) is 5.56 Å². The summed E-state index contributed by atoms with van der Waals surface area (Å²) in [6, 6.07) is 7.44. The van der Waals surface area contributed by atoms with Gasteiger partial charge in [-0.3, -0.25) is 4.79 Å². The molecule has 0 radical (unpaired) electrons. The molecule has 3 heteroatoms. The van der Waals surface area contributed by atoms with Crippen LogP contribution in [0, 0.1) is 0 Å². The van der Waals surface area contributed by atoms with Crippen LogP contribution in [0.5, 0.6) is 0 Å². The van der Waals surface area contributed by atoms with E-state index in [9.17, 15) is 9.90 Å². The Morgan fingerprint density at radius 3 is 2.75 bits per heavy atom. The molecule has 1 aliphatic carbocycles. The quantitative estimate of drug-likeness (QED) is 0.772. The standard InChI is InChI=1S/C13H15NO2/c1-14(2)12(15)13(16)9-5-7-10-6-3-4-8-11(10)13/h3-8,16H,9H2,1-2H3. The summed E-state index contributed by atoms with van der Waals surface area (Å²) in [7, 11) is 3.31. The van der Waals surface area contributed by atoms with Gasteiger partial charge in [0.15, 0.2) is 5.60 Å². The number of hydrogen-bond acceptors (Lipinski definition) is 2. The highest BCUT2D eigenvalue weighted by molar-refractivity contribution is 5.88. The molecule has 0 bridgehead atoms. The molecule has 0 fully saturated rings. The third kappa shape index (κ3) is 1.53. The van der Waals surface area contributed by atoms with Crippen molar-refractivity contribution < 1.29 is 9.90 Å². The van der Waals surface area contributed by atoms with Gasteiger partial charge in [-0.1, -0.05) is 36.4 Å². The van der Waals surface area contributed by atoms with Crippen LogP contribution in [0.25, 0.3) is 6.08 Å². The van der Waals surface area contributed by atoms with Crippen molar-refractivity contribution in [3.8, 4) is 0 Å². The van der Waals surface area contributed by atoms with Gasteiger partial charge in [0.05, 0.1) is 0 Å². The molecule has 1 N–H and O–H groups in total. The molecule has 3 nitrogen and oxygen atoms in total. The molecule has 16 heavy (non-hydrogen) atoms. The third-order valence-corrected chi connectivity index (χ3v) is 2.88. The Bertz CT molecular complexity index is 451. The summed E-state index contributed by atoms with van der Waals surface area (Å²) in [5, 5.41) is 10.5. The molecule has 0 saturated carbocycles. The lowest BCUT2D eigenvalue weighted by Gasteiger charge is -2.32. The van der Waals surface area contributed by atoms with Gasteiger partial charge in [0.25, 0.3) is 5.91 Å². The number of fused-ring (bicyclic) bond motifs is 1. The normalized spacial score (nSPS) is 22.7. The molecular weight excluding hydrogens is 202 g/mol. The summed E-state index contributed by atoms with van der Waals surface area (Å²) in [4.78, 5) is 13.5. The zero-order valence-corrected chi connectivity index (χ0v) is 9.47. The second-order valence-electron chi connectivity index (χ2n) is 4.25. The molecule has 84 valence electrons. The van der Waals surface area contributed by atoms with E-state index in [0.29, 0.717) is 12.0 Å². The van der Waals surface area contributed by atoms with E-state index in [1.165, 1.54) is 4.90 Å². The predicted octanol–water partition coefficient (Wildman–Crippen LogP) is 1.38. The molecule has 0 heterocycles.